The standard InChI is InChI=1S/C22H22BrF3N2O10/c1-33-11-15(19(29)30)14-7-5-4-6-12(14)9-36-18-16(22(24,25)26)17(23)28(27-18)8-13(38-21(32)35-3)10-37-20(31)34-2/h4-7,11,13H,8-10H2,1-3H3,(H,29,30)/p-1/b15-11+. The average Bonchev–Trinajstić information content (AvgIpc) is 3.19. The van der Waals surface area contributed by atoms with Gasteiger partial charge in [-0.3, -0.25) is 4.68 Å². The number of methoxy groups -OCH3 is 3. The number of nitrogens with zero attached hydrogens (tertiary/aromatic N) is 2. The van der Waals surface area contributed by atoms with Crippen LogP contribution in [0.1, 0.15) is 16.7 Å². The number of carboxylic acids is 1. The Kier molecular flexibility index (Phi) is 10.8. The third-order valence-electron chi connectivity index (χ3n) is 4.63. The summed E-state index contributed by atoms with van der Waals surface area (Å²) in [5.74, 6) is -2.44. The number of hydrogen-bond acceptors (Lipinski definition) is 11. The van der Waals surface area contributed by atoms with Crippen molar-refractivity contribution in [3.8, 4) is 5.88 Å². The highest BCUT2D eigenvalue weighted by atomic mass is 79.9. The molecule has 0 bridgehead atoms. The summed E-state index contributed by atoms with van der Waals surface area (Å²) < 4.78 is 70.3. The predicted octanol–water partition coefficient (Wildman–Crippen LogP) is 2.92. The van der Waals surface area contributed by atoms with Crippen molar-refractivity contribution in [2.24, 2.45) is 0 Å². The van der Waals surface area contributed by atoms with Gasteiger partial charge in [-0.05, 0) is 27.1 Å². The van der Waals surface area contributed by atoms with Crippen molar-refractivity contribution in [2.75, 3.05) is 27.9 Å². The van der Waals surface area contributed by atoms with Crippen LogP contribution in [0.25, 0.3) is 5.57 Å². The van der Waals surface area contributed by atoms with Crippen LogP contribution in [-0.2, 0) is 47.8 Å². The number of hydrogen-bond donors (Lipinski definition) is 0. The topological polar surface area (TPSA) is 147 Å². The predicted molar refractivity (Wildman–Crippen MR) is 121 cm³/mol. The average molecular weight is 610 g/mol. The Hall–Kier alpha value is -3.95. The highest BCUT2D eigenvalue weighted by molar-refractivity contribution is 9.10. The van der Waals surface area contributed by atoms with Gasteiger partial charge in [-0.15, -0.1) is 5.10 Å². The molecule has 1 heterocycles. The third kappa shape index (κ3) is 8.03. The lowest BCUT2D eigenvalue weighted by Crippen LogP contribution is -2.30. The maximum Gasteiger partial charge on any atom is 0.508 e. The van der Waals surface area contributed by atoms with Gasteiger partial charge in [0.15, 0.2) is 11.7 Å². The van der Waals surface area contributed by atoms with Gasteiger partial charge in [0.05, 0.1) is 40.1 Å². The van der Waals surface area contributed by atoms with Crippen molar-refractivity contribution in [1.29, 1.82) is 0 Å². The molecule has 1 atom stereocenters. The zero-order valence-corrected chi connectivity index (χ0v) is 21.7. The van der Waals surface area contributed by atoms with Gasteiger partial charge in [-0.2, -0.15) is 13.2 Å². The molecule has 0 amide bonds. The van der Waals surface area contributed by atoms with E-state index >= 15 is 0 Å². The second kappa shape index (κ2) is 13.6. The molecular formula is C22H21BrF3N2O10-. The number of halogens is 4. The summed E-state index contributed by atoms with van der Waals surface area (Å²) in [6.45, 7) is -1.65. The monoisotopic (exact) mass is 609 g/mol. The van der Waals surface area contributed by atoms with Gasteiger partial charge in [-0.25, -0.2) is 9.59 Å². The molecule has 1 aromatic heterocycles. The fourth-order valence-electron chi connectivity index (χ4n) is 3.00. The van der Waals surface area contributed by atoms with Crippen LogP contribution in [0.2, 0.25) is 0 Å². The van der Waals surface area contributed by atoms with Gasteiger partial charge in [0.2, 0.25) is 5.88 Å². The summed E-state index contributed by atoms with van der Waals surface area (Å²) >= 11 is 2.83. The zero-order chi connectivity index (χ0) is 28.5. The van der Waals surface area contributed by atoms with E-state index in [1.54, 1.807) is 0 Å². The Labute approximate surface area is 221 Å². The van der Waals surface area contributed by atoms with Gasteiger partial charge < -0.3 is 38.3 Å². The van der Waals surface area contributed by atoms with Crippen molar-refractivity contribution in [3.63, 3.8) is 0 Å². The van der Waals surface area contributed by atoms with Crippen molar-refractivity contribution in [2.45, 2.75) is 25.4 Å². The third-order valence-corrected chi connectivity index (χ3v) is 5.44. The minimum atomic E-state index is -4.95. The first-order valence-corrected chi connectivity index (χ1v) is 11.2. The lowest BCUT2D eigenvalue weighted by molar-refractivity contribution is -0.295. The minimum Gasteiger partial charge on any atom is -0.545 e. The molecule has 1 unspecified atom stereocenters. The molecule has 12 nitrogen and oxygen atoms in total. The second-order valence-corrected chi connectivity index (χ2v) is 7.86. The van der Waals surface area contributed by atoms with Crippen LogP contribution < -0.4 is 9.84 Å². The fraction of sp³-hybridized carbons (Fsp3) is 0.364. The van der Waals surface area contributed by atoms with E-state index in [2.05, 4.69) is 30.5 Å². The summed E-state index contributed by atoms with van der Waals surface area (Å²) in [6, 6.07) is 5.87. The van der Waals surface area contributed by atoms with E-state index in [-0.39, 0.29) is 16.7 Å². The first-order chi connectivity index (χ1) is 17.9. The summed E-state index contributed by atoms with van der Waals surface area (Å²) in [6.07, 6.45) is -7.68. The first kappa shape index (κ1) is 30.3. The molecule has 0 aliphatic rings. The number of ether oxygens (including phenoxy) is 6. The van der Waals surface area contributed by atoms with E-state index in [1.165, 1.54) is 31.4 Å². The molecule has 1 aromatic carbocycles. The van der Waals surface area contributed by atoms with Gasteiger partial charge in [-0.1, -0.05) is 24.3 Å². The Morgan fingerprint density at radius 3 is 2.37 bits per heavy atom. The number of rotatable bonds is 11. The number of carbonyl (C=O) groups is 3. The number of aliphatic carboxylic acids is 1. The molecular weight excluding hydrogens is 589 g/mol. The Bertz CT molecular complexity index is 1180. The molecule has 0 aliphatic carbocycles. The number of carbonyl (C=O) groups excluding carboxylic acids is 3. The molecule has 0 aliphatic heterocycles. The minimum absolute atomic E-state index is 0.0907. The second-order valence-electron chi connectivity index (χ2n) is 7.11. The Balaban J connectivity index is 2.40. The fourth-order valence-corrected chi connectivity index (χ4v) is 3.61. The Morgan fingerprint density at radius 2 is 1.79 bits per heavy atom. The largest absolute Gasteiger partial charge is 0.545 e. The normalized spacial score (nSPS) is 12.3. The van der Waals surface area contributed by atoms with Crippen LogP contribution in [0.15, 0.2) is 35.1 Å². The molecule has 208 valence electrons. The van der Waals surface area contributed by atoms with Crippen LogP contribution in [0, 0.1) is 0 Å². The molecule has 0 fully saturated rings. The van der Waals surface area contributed by atoms with E-state index in [0.717, 1.165) is 25.2 Å². The molecule has 0 saturated heterocycles. The van der Waals surface area contributed by atoms with E-state index in [1.807, 2.05) is 0 Å². The van der Waals surface area contributed by atoms with Crippen LogP contribution >= 0.6 is 15.9 Å². The Morgan fingerprint density at radius 1 is 1.13 bits per heavy atom. The number of aromatic nitrogens is 2. The highest BCUT2D eigenvalue weighted by Gasteiger charge is 2.41. The van der Waals surface area contributed by atoms with Crippen LogP contribution in [0.5, 0.6) is 5.88 Å². The summed E-state index contributed by atoms with van der Waals surface area (Å²) in [7, 11) is 3.25. The van der Waals surface area contributed by atoms with Crippen molar-refractivity contribution in [3.05, 3.63) is 51.8 Å². The van der Waals surface area contributed by atoms with E-state index in [0.29, 0.717) is 0 Å². The van der Waals surface area contributed by atoms with Crippen molar-refractivity contribution in [1.82, 2.24) is 9.78 Å². The maximum atomic E-state index is 13.9. The van der Waals surface area contributed by atoms with Gasteiger partial charge in [0, 0.05) is 5.57 Å². The lowest BCUT2D eigenvalue weighted by Gasteiger charge is -2.17. The number of alkyl halides is 3. The number of benzene rings is 1. The van der Waals surface area contributed by atoms with Gasteiger partial charge >= 0.3 is 18.5 Å². The molecule has 38 heavy (non-hydrogen) atoms. The van der Waals surface area contributed by atoms with E-state index in [9.17, 15) is 32.7 Å². The summed E-state index contributed by atoms with van der Waals surface area (Å²) in [5.41, 5.74) is -1.37. The molecule has 2 rings (SSSR count). The molecule has 2 aromatic rings. The van der Waals surface area contributed by atoms with Gasteiger partial charge in [0.1, 0.15) is 17.8 Å². The highest BCUT2D eigenvalue weighted by Crippen LogP contribution is 2.41. The molecule has 0 N–H and O–H groups in total. The van der Waals surface area contributed by atoms with Crippen LogP contribution in [0.4, 0.5) is 22.8 Å². The van der Waals surface area contributed by atoms with Crippen molar-refractivity contribution < 1.29 is 61.1 Å². The van der Waals surface area contributed by atoms with Gasteiger partial charge in [0.25, 0.3) is 0 Å². The molecule has 0 radical (unpaired) electrons. The maximum absolute atomic E-state index is 13.9. The first-order valence-electron chi connectivity index (χ1n) is 10.4. The molecule has 0 saturated carbocycles. The summed E-state index contributed by atoms with van der Waals surface area (Å²) in [5, 5.41) is 15.3. The number of carboxylic acid groups (broad SMARTS) is 1. The smallest absolute Gasteiger partial charge is 0.508 e. The van der Waals surface area contributed by atoms with Crippen LogP contribution in [-0.4, -0.2) is 62.1 Å². The molecule has 0 spiro atoms. The summed E-state index contributed by atoms with van der Waals surface area (Å²) in [4.78, 5) is 34.4. The quantitative estimate of drug-likeness (QED) is 0.210. The lowest BCUT2D eigenvalue weighted by atomic mass is 10.0. The SMILES string of the molecule is CO/C=C(/C(=O)[O-])c1ccccc1COc1nn(CC(COC(=O)OC)OC(=O)OC)c(Br)c1C(F)(F)F. The van der Waals surface area contributed by atoms with Crippen molar-refractivity contribution >= 4 is 39.8 Å². The van der Waals surface area contributed by atoms with Crippen LogP contribution in [0.3, 0.4) is 0 Å². The zero-order valence-electron chi connectivity index (χ0n) is 20.1. The van der Waals surface area contributed by atoms with E-state index < -0.39 is 66.4 Å². The van der Waals surface area contributed by atoms with E-state index in [4.69, 9.17) is 18.9 Å². The molecule has 16 heteroatoms.